The zero-order valence-electron chi connectivity index (χ0n) is 31.4. The molecular formula is C41H47FN6O8. The van der Waals surface area contributed by atoms with Crippen LogP contribution in [0.15, 0.2) is 54.9 Å². The minimum Gasteiger partial charge on any atom is -0.497 e. The second-order valence-corrected chi connectivity index (χ2v) is 14.3. The van der Waals surface area contributed by atoms with E-state index < -0.39 is 53.9 Å². The first kappa shape index (κ1) is 40.0. The van der Waals surface area contributed by atoms with Crippen LogP contribution >= 0.6 is 0 Å². The Bertz CT molecular complexity index is 1970. The van der Waals surface area contributed by atoms with Crippen LogP contribution in [0.5, 0.6) is 11.5 Å². The molecule has 4 heterocycles. The highest BCUT2D eigenvalue weighted by molar-refractivity contribution is 6.24. The van der Waals surface area contributed by atoms with Crippen molar-refractivity contribution in [2.45, 2.75) is 82.8 Å². The van der Waals surface area contributed by atoms with Crippen LogP contribution in [0, 0.1) is 5.82 Å². The summed E-state index contributed by atoms with van der Waals surface area (Å²) in [5.74, 6) is -3.41. The highest BCUT2D eigenvalue weighted by Gasteiger charge is 2.46. The second kappa shape index (κ2) is 18.8. The number of imide groups is 2. The van der Waals surface area contributed by atoms with E-state index in [1.807, 2.05) is 12.3 Å². The Morgan fingerprint density at radius 3 is 2.48 bits per heavy atom. The summed E-state index contributed by atoms with van der Waals surface area (Å²) in [4.78, 5) is 83.2. The van der Waals surface area contributed by atoms with Crippen LogP contribution < -0.4 is 25.4 Å². The van der Waals surface area contributed by atoms with Crippen LogP contribution in [0.25, 0.3) is 0 Å². The molecule has 0 bridgehead atoms. The van der Waals surface area contributed by atoms with Crippen molar-refractivity contribution in [3.63, 3.8) is 0 Å². The molecule has 1 atom stereocenters. The first-order valence-electron chi connectivity index (χ1n) is 19.1. The molecule has 14 nitrogen and oxygen atoms in total. The number of fused-ring (bicyclic) bond motifs is 1. The Morgan fingerprint density at radius 1 is 0.929 bits per heavy atom. The van der Waals surface area contributed by atoms with Gasteiger partial charge in [0.2, 0.25) is 11.8 Å². The van der Waals surface area contributed by atoms with E-state index in [1.54, 1.807) is 6.20 Å². The molecule has 296 valence electrons. The predicted molar refractivity (Wildman–Crippen MR) is 201 cm³/mol. The molecule has 6 amide bonds. The fraction of sp³-hybridized carbons (Fsp3) is 0.439. The molecule has 2 fully saturated rings. The van der Waals surface area contributed by atoms with Crippen LogP contribution in [-0.2, 0) is 27.3 Å². The fourth-order valence-corrected chi connectivity index (χ4v) is 7.34. The Labute approximate surface area is 324 Å². The fourth-order valence-electron chi connectivity index (χ4n) is 7.34. The number of benzene rings is 2. The van der Waals surface area contributed by atoms with Crippen molar-refractivity contribution in [3.8, 4) is 11.5 Å². The van der Waals surface area contributed by atoms with E-state index in [0.29, 0.717) is 5.75 Å². The van der Waals surface area contributed by atoms with Gasteiger partial charge in [-0.15, -0.1) is 0 Å². The van der Waals surface area contributed by atoms with Gasteiger partial charge < -0.3 is 25.0 Å². The van der Waals surface area contributed by atoms with Gasteiger partial charge in [-0.1, -0.05) is 31.4 Å². The first-order valence-corrected chi connectivity index (χ1v) is 19.1. The van der Waals surface area contributed by atoms with E-state index in [2.05, 4.69) is 25.8 Å². The largest absolute Gasteiger partial charge is 0.497 e. The van der Waals surface area contributed by atoms with Gasteiger partial charge in [-0.3, -0.25) is 44.0 Å². The van der Waals surface area contributed by atoms with Crippen molar-refractivity contribution in [2.75, 3.05) is 33.4 Å². The third-order valence-corrected chi connectivity index (χ3v) is 10.4. The summed E-state index contributed by atoms with van der Waals surface area (Å²) in [6.07, 6.45) is 11.6. The van der Waals surface area contributed by atoms with Crippen molar-refractivity contribution in [3.05, 3.63) is 88.5 Å². The van der Waals surface area contributed by atoms with E-state index in [4.69, 9.17) is 9.47 Å². The summed E-state index contributed by atoms with van der Waals surface area (Å²) >= 11 is 0. The Morgan fingerprint density at radius 2 is 1.70 bits per heavy atom. The molecule has 1 aromatic heterocycles. The number of methoxy groups -OCH3 is 1. The van der Waals surface area contributed by atoms with Crippen LogP contribution in [0.1, 0.15) is 100.0 Å². The van der Waals surface area contributed by atoms with Gasteiger partial charge in [0.15, 0.2) is 6.61 Å². The van der Waals surface area contributed by atoms with Crippen LogP contribution in [0.2, 0.25) is 0 Å². The smallest absolute Gasteiger partial charge is 0.266 e. The highest BCUT2D eigenvalue weighted by atomic mass is 19.1. The summed E-state index contributed by atoms with van der Waals surface area (Å²) in [7, 11) is 1.48. The molecule has 0 radical (unpaired) electrons. The number of likely N-dealkylation sites (tertiary alicyclic amines) is 1. The van der Waals surface area contributed by atoms with Crippen molar-refractivity contribution < 1.29 is 42.6 Å². The number of ether oxygens (including phenoxy) is 2. The first-order chi connectivity index (χ1) is 27.1. The van der Waals surface area contributed by atoms with Crippen LogP contribution in [0.3, 0.4) is 0 Å². The number of halogens is 1. The number of aromatic nitrogens is 1. The van der Waals surface area contributed by atoms with Crippen LogP contribution in [-0.4, -0.2) is 95.7 Å². The molecule has 0 spiro atoms. The third-order valence-electron chi connectivity index (χ3n) is 10.4. The summed E-state index contributed by atoms with van der Waals surface area (Å²) in [5, 5.41) is 7.95. The van der Waals surface area contributed by atoms with Gasteiger partial charge in [-0.2, -0.15) is 0 Å². The Hall–Kier alpha value is -5.70. The molecule has 6 rings (SSSR count). The highest BCUT2D eigenvalue weighted by Crippen LogP contribution is 2.33. The standard InChI is InChI=1S/C41H47FN6O8/c1-55-29-11-12-32(42)31(21-29)38(51)45-28-15-18-47(19-16-28)17-6-4-2-3-5-8-26-20-27(23-43-22-26)24-44-36(50)25-56-34-10-7-9-30-37(34)41(54)48(40(30)53)33-13-14-35(49)46-39(33)52/h7,9-12,20-23,28,33H,2-6,8,13-19,24-25H2,1H3,(H,44,50)(H,45,51)(H,46,49,52). The summed E-state index contributed by atoms with van der Waals surface area (Å²) < 4.78 is 25.0. The molecule has 0 saturated carbocycles. The number of carbonyl (C=O) groups is 6. The van der Waals surface area contributed by atoms with Crippen LogP contribution in [0.4, 0.5) is 4.39 Å². The number of hydrogen-bond acceptors (Lipinski definition) is 10. The molecule has 2 saturated heterocycles. The molecule has 3 N–H and O–H groups in total. The molecule has 0 aliphatic carbocycles. The lowest BCUT2D eigenvalue weighted by Crippen LogP contribution is -2.54. The maximum Gasteiger partial charge on any atom is 0.266 e. The molecule has 15 heteroatoms. The molecule has 3 aromatic rings. The number of aryl methyl sites for hydroxylation is 1. The average molecular weight is 771 g/mol. The van der Waals surface area contributed by atoms with Crippen molar-refractivity contribution in [2.24, 2.45) is 0 Å². The molecular weight excluding hydrogens is 723 g/mol. The van der Waals surface area contributed by atoms with Gasteiger partial charge in [-0.05, 0) is 86.5 Å². The predicted octanol–water partition coefficient (Wildman–Crippen LogP) is 3.71. The van der Waals surface area contributed by atoms with Gasteiger partial charge in [0, 0.05) is 44.5 Å². The number of pyridine rings is 1. The Kier molecular flexibility index (Phi) is 13.4. The summed E-state index contributed by atoms with van der Waals surface area (Å²) in [6, 6.07) is 9.60. The summed E-state index contributed by atoms with van der Waals surface area (Å²) in [5.41, 5.74) is 1.98. The number of unbranched alkanes of at least 4 members (excludes halogenated alkanes) is 4. The minimum absolute atomic E-state index is 0.00112. The number of hydrogen-bond donors (Lipinski definition) is 3. The number of nitrogens with one attached hydrogen (secondary N) is 3. The van der Waals surface area contributed by atoms with E-state index in [0.717, 1.165) is 87.0 Å². The summed E-state index contributed by atoms with van der Waals surface area (Å²) in [6.45, 7) is 2.65. The second-order valence-electron chi connectivity index (χ2n) is 14.3. The van der Waals surface area contributed by atoms with Gasteiger partial charge in [0.05, 0.1) is 23.8 Å². The topological polar surface area (TPSA) is 176 Å². The lowest BCUT2D eigenvalue weighted by Gasteiger charge is -2.32. The molecule has 56 heavy (non-hydrogen) atoms. The molecule has 3 aliphatic heterocycles. The van der Waals surface area contributed by atoms with Crippen molar-refractivity contribution >= 4 is 35.4 Å². The maximum atomic E-state index is 14.2. The van der Waals surface area contributed by atoms with Gasteiger partial charge in [-0.25, -0.2) is 4.39 Å². The zero-order chi connectivity index (χ0) is 39.6. The number of amides is 6. The lowest BCUT2D eigenvalue weighted by molar-refractivity contribution is -0.136. The number of piperidine rings is 2. The number of carbonyl (C=O) groups excluding carboxylic acids is 6. The van der Waals surface area contributed by atoms with E-state index in [1.165, 1.54) is 43.5 Å². The van der Waals surface area contributed by atoms with E-state index in [9.17, 15) is 33.2 Å². The average Bonchev–Trinajstić information content (AvgIpc) is 3.45. The Balaban J connectivity index is 0.845. The monoisotopic (exact) mass is 770 g/mol. The van der Waals surface area contributed by atoms with Crippen molar-refractivity contribution in [1.82, 2.24) is 30.7 Å². The normalized spacial score (nSPS) is 17.4. The SMILES string of the molecule is COc1ccc(F)c(C(=O)NC2CCN(CCCCCCCc3cncc(CNC(=O)COc4cccc5c4C(=O)N(C4CCC(=O)NC4=O)C5=O)c3)CC2)c1. The van der Waals surface area contributed by atoms with Gasteiger partial charge >= 0.3 is 0 Å². The molecule has 3 aliphatic rings. The number of rotatable bonds is 17. The van der Waals surface area contributed by atoms with Gasteiger partial charge in [0.25, 0.3) is 23.6 Å². The quantitative estimate of drug-likeness (QED) is 0.136. The number of nitrogens with zero attached hydrogens (tertiary/aromatic N) is 3. The third kappa shape index (κ3) is 9.93. The zero-order valence-corrected chi connectivity index (χ0v) is 31.4. The lowest BCUT2D eigenvalue weighted by atomic mass is 10.0. The molecule has 1 unspecified atom stereocenters. The van der Waals surface area contributed by atoms with Gasteiger partial charge in [0.1, 0.15) is 23.4 Å². The van der Waals surface area contributed by atoms with E-state index >= 15 is 0 Å². The van der Waals surface area contributed by atoms with Crippen molar-refractivity contribution in [1.29, 1.82) is 0 Å². The minimum atomic E-state index is -1.10. The molecule has 2 aromatic carbocycles. The maximum absolute atomic E-state index is 14.2. The van der Waals surface area contributed by atoms with E-state index in [-0.39, 0.29) is 47.9 Å².